The van der Waals surface area contributed by atoms with Crippen molar-refractivity contribution in [1.29, 1.82) is 0 Å². The molecule has 108 valence electrons. The number of rotatable bonds is 2. The van der Waals surface area contributed by atoms with Gasteiger partial charge in [0.1, 0.15) is 0 Å². The number of urea groups is 1. The number of aromatic carboxylic acids is 1. The van der Waals surface area contributed by atoms with Crippen LogP contribution in [0.2, 0.25) is 0 Å². The lowest BCUT2D eigenvalue weighted by molar-refractivity contribution is 0.0696. The fourth-order valence-electron chi connectivity index (χ4n) is 1.92. The van der Waals surface area contributed by atoms with Gasteiger partial charge in [-0.15, -0.1) is 0 Å². The minimum Gasteiger partial charge on any atom is -0.478 e. The van der Waals surface area contributed by atoms with E-state index in [9.17, 15) is 9.59 Å². The molecule has 0 atom stereocenters. The lowest BCUT2D eigenvalue weighted by Crippen LogP contribution is -2.36. The Kier molecular flexibility index (Phi) is 5.31. The number of nitrogens with one attached hydrogen (secondary N) is 1. The molecule has 1 aliphatic heterocycles. The molecule has 0 unspecified atom stereocenters. The predicted molar refractivity (Wildman–Crippen MR) is 83.6 cm³/mol. The molecule has 1 aliphatic rings. The maximum Gasteiger partial charge on any atom is 0.336 e. The first-order valence-corrected chi connectivity index (χ1v) is 8.19. The van der Waals surface area contributed by atoms with Crippen LogP contribution in [0.1, 0.15) is 16.8 Å². The van der Waals surface area contributed by atoms with E-state index in [2.05, 4.69) is 21.2 Å². The largest absolute Gasteiger partial charge is 0.478 e. The summed E-state index contributed by atoms with van der Waals surface area (Å²) in [5.74, 6) is 0.985. The standard InChI is InChI=1S/C13H15BrN2O3S/c14-11-3-2-9(8-10(11)12(17)18)15-13(19)16-4-1-6-20-7-5-16/h2-3,8H,1,4-7H2,(H,15,19)(H,17,18). The second-order valence-corrected chi connectivity index (χ2v) is 6.46. The molecule has 1 heterocycles. The third-order valence-electron chi connectivity index (χ3n) is 2.96. The third-order valence-corrected chi connectivity index (χ3v) is 4.70. The van der Waals surface area contributed by atoms with Gasteiger partial charge in [-0.1, -0.05) is 0 Å². The number of carbonyl (C=O) groups is 2. The fourth-order valence-corrected chi connectivity index (χ4v) is 3.22. The molecule has 2 amide bonds. The fraction of sp³-hybridized carbons (Fsp3) is 0.385. The smallest absolute Gasteiger partial charge is 0.336 e. The van der Waals surface area contributed by atoms with Gasteiger partial charge in [0.15, 0.2) is 0 Å². The van der Waals surface area contributed by atoms with Gasteiger partial charge < -0.3 is 15.3 Å². The first kappa shape index (κ1) is 15.2. The monoisotopic (exact) mass is 358 g/mol. The molecule has 2 N–H and O–H groups in total. The molecule has 0 spiro atoms. The molecular weight excluding hydrogens is 344 g/mol. The first-order chi connectivity index (χ1) is 9.58. The molecule has 0 saturated carbocycles. The molecule has 0 bridgehead atoms. The molecule has 5 nitrogen and oxygen atoms in total. The van der Waals surface area contributed by atoms with Crippen molar-refractivity contribution in [2.45, 2.75) is 6.42 Å². The quantitative estimate of drug-likeness (QED) is 0.851. The highest BCUT2D eigenvalue weighted by Gasteiger charge is 2.16. The van der Waals surface area contributed by atoms with Crippen LogP contribution in [-0.2, 0) is 0 Å². The SMILES string of the molecule is O=C(O)c1cc(NC(=O)N2CCCSCC2)ccc1Br. The summed E-state index contributed by atoms with van der Waals surface area (Å²) in [7, 11) is 0. The van der Waals surface area contributed by atoms with Gasteiger partial charge >= 0.3 is 12.0 Å². The van der Waals surface area contributed by atoms with Crippen molar-refractivity contribution in [3.8, 4) is 0 Å². The number of carboxylic acids is 1. The maximum absolute atomic E-state index is 12.1. The van der Waals surface area contributed by atoms with Gasteiger partial charge in [-0.05, 0) is 46.3 Å². The molecule has 0 aromatic heterocycles. The van der Waals surface area contributed by atoms with Gasteiger partial charge in [-0.25, -0.2) is 9.59 Å². The zero-order valence-electron chi connectivity index (χ0n) is 10.8. The van der Waals surface area contributed by atoms with E-state index < -0.39 is 5.97 Å². The molecule has 1 aromatic rings. The molecule has 1 aromatic carbocycles. The Morgan fingerprint density at radius 2 is 2.10 bits per heavy atom. The molecule has 0 aliphatic carbocycles. The number of anilines is 1. The number of benzene rings is 1. The average molecular weight is 359 g/mol. The summed E-state index contributed by atoms with van der Waals surface area (Å²) in [5, 5.41) is 11.8. The number of hydrogen-bond acceptors (Lipinski definition) is 3. The van der Waals surface area contributed by atoms with Crippen molar-refractivity contribution >= 4 is 45.4 Å². The summed E-state index contributed by atoms with van der Waals surface area (Å²) in [4.78, 5) is 25.0. The van der Waals surface area contributed by atoms with Gasteiger partial charge in [0, 0.05) is 29.0 Å². The summed E-state index contributed by atoms with van der Waals surface area (Å²) in [6, 6.07) is 4.58. The molecule has 2 rings (SSSR count). The highest BCUT2D eigenvalue weighted by molar-refractivity contribution is 9.10. The van der Waals surface area contributed by atoms with Crippen LogP contribution in [0.5, 0.6) is 0 Å². The van der Waals surface area contributed by atoms with E-state index in [1.54, 1.807) is 17.0 Å². The van der Waals surface area contributed by atoms with Gasteiger partial charge in [0.2, 0.25) is 0 Å². The van der Waals surface area contributed by atoms with Crippen molar-refractivity contribution in [1.82, 2.24) is 4.90 Å². The topological polar surface area (TPSA) is 69.6 Å². The zero-order valence-corrected chi connectivity index (χ0v) is 13.2. The highest BCUT2D eigenvalue weighted by atomic mass is 79.9. The Morgan fingerprint density at radius 3 is 2.85 bits per heavy atom. The summed E-state index contributed by atoms with van der Waals surface area (Å²) < 4.78 is 0.495. The molecule has 0 radical (unpaired) electrons. The van der Waals surface area contributed by atoms with Crippen molar-refractivity contribution in [3.63, 3.8) is 0 Å². The van der Waals surface area contributed by atoms with Crippen LogP contribution in [0.4, 0.5) is 10.5 Å². The van der Waals surface area contributed by atoms with E-state index in [4.69, 9.17) is 5.11 Å². The molecule has 20 heavy (non-hydrogen) atoms. The number of nitrogens with zero attached hydrogens (tertiary/aromatic N) is 1. The van der Waals surface area contributed by atoms with Crippen LogP contribution in [0.25, 0.3) is 0 Å². The van der Waals surface area contributed by atoms with Crippen LogP contribution >= 0.6 is 27.7 Å². The Hall–Kier alpha value is -1.21. The van der Waals surface area contributed by atoms with Crippen LogP contribution in [-0.4, -0.2) is 46.6 Å². The Morgan fingerprint density at radius 1 is 1.30 bits per heavy atom. The van der Waals surface area contributed by atoms with E-state index in [1.807, 2.05) is 11.8 Å². The first-order valence-electron chi connectivity index (χ1n) is 6.24. The molecule has 1 saturated heterocycles. The van der Waals surface area contributed by atoms with E-state index in [-0.39, 0.29) is 11.6 Å². The Bertz CT molecular complexity index is 516. The second kappa shape index (κ2) is 6.99. The molecule has 1 fully saturated rings. The number of amides is 2. The summed E-state index contributed by atoms with van der Waals surface area (Å²) in [6.45, 7) is 1.46. The Labute approximate surface area is 129 Å². The van der Waals surface area contributed by atoms with Crippen molar-refractivity contribution in [3.05, 3.63) is 28.2 Å². The van der Waals surface area contributed by atoms with E-state index in [1.165, 1.54) is 6.07 Å². The number of halogens is 1. The van der Waals surface area contributed by atoms with E-state index >= 15 is 0 Å². The Balaban J connectivity index is 2.07. The lowest BCUT2D eigenvalue weighted by Gasteiger charge is -2.20. The second-order valence-electron chi connectivity index (χ2n) is 4.38. The minimum atomic E-state index is -1.03. The minimum absolute atomic E-state index is 0.134. The number of hydrogen-bond donors (Lipinski definition) is 2. The molecular formula is C13H15BrN2O3S. The van der Waals surface area contributed by atoms with E-state index in [0.29, 0.717) is 10.2 Å². The van der Waals surface area contributed by atoms with Gasteiger partial charge in [0.25, 0.3) is 0 Å². The maximum atomic E-state index is 12.1. The van der Waals surface area contributed by atoms with Gasteiger partial charge in [-0.3, -0.25) is 0 Å². The number of thioether (sulfide) groups is 1. The van der Waals surface area contributed by atoms with Gasteiger partial charge in [-0.2, -0.15) is 11.8 Å². The highest BCUT2D eigenvalue weighted by Crippen LogP contribution is 2.21. The van der Waals surface area contributed by atoms with Crippen LogP contribution < -0.4 is 5.32 Å². The third kappa shape index (κ3) is 3.89. The number of carboxylic acid groups (broad SMARTS) is 1. The van der Waals surface area contributed by atoms with Gasteiger partial charge in [0.05, 0.1) is 5.56 Å². The van der Waals surface area contributed by atoms with Crippen LogP contribution in [0.3, 0.4) is 0 Å². The van der Waals surface area contributed by atoms with Crippen molar-refractivity contribution < 1.29 is 14.7 Å². The zero-order chi connectivity index (χ0) is 14.5. The average Bonchev–Trinajstić information content (AvgIpc) is 2.69. The van der Waals surface area contributed by atoms with E-state index in [0.717, 1.165) is 31.0 Å². The number of carbonyl (C=O) groups excluding carboxylic acids is 1. The summed E-state index contributed by atoms with van der Waals surface area (Å²) in [6.07, 6.45) is 0.985. The predicted octanol–water partition coefficient (Wildman–Crippen LogP) is 3.12. The summed E-state index contributed by atoms with van der Waals surface area (Å²) in [5.41, 5.74) is 0.627. The molecule has 7 heteroatoms. The van der Waals surface area contributed by atoms with Crippen molar-refractivity contribution in [2.24, 2.45) is 0 Å². The van der Waals surface area contributed by atoms with Crippen molar-refractivity contribution in [2.75, 3.05) is 29.9 Å². The lowest BCUT2D eigenvalue weighted by atomic mass is 10.2. The normalized spacial score (nSPS) is 15.6. The van der Waals surface area contributed by atoms with Crippen LogP contribution in [0, 0.1) is 0 Å². The summed E-state index contributed by atoms with van der Waals surface area (Å²) >= 11 is 5.02. The van der Waals surface area contributed by atoms with Crippen LogP contribution in [0.15, 0.2) is 22.7 Å².